The maximum atomic E-state index is 5.58. The minimum atomic E-state index is 0.819. The lowest BCUT2D eigenvalue weighted by Gasteiger charge is -2.03. The molecule has 4 heteroatoms. The Balaban J connectivity index is 2.39. The number of hydrazine groups is 1. The van der Waals surface area contributed by atoms with E-state index in [-0.39, 0.29) is 0 Å². The topological polar surface area (TPSA) is 42.2 Å². The summed E-state index contributed by atoms with van der Waals surface area (Å²) in [6.07, 6.45) is 0. The summed E-state index contributed by atoms with van der Waals surface area (Å²) in [6.45, 7) is 3.73. The summed E-state index contributed by atoms with van der Waals surface area (Å²) in [5.41, 5.74) is 1.17. The van der Waals surface area contributed by atoms with E-state index in [9.17, 15) is 0 Å². The first kappa shape index (κ1) is 6.27. The summed E-state index contributed by atoms with van der Waals surface area (Å²) in [5.74, 6) is 5.58. The zero-order valence-electron chi connectivity index (χ0n) is 5.79. The Bertz CT molecular complexity index is 232. The number of hydrogen-bond acceptors (Lipinski definition) is 4. The van der Waals surface area contributed by atoms with Gasteiger partial charge >= 0.3 is 0 Å². The van der Waals surface area contributed by atoms with Crippen molar-refractivity contribution in [2.45, 2.75) is 20.0 Å². The molecule has 0 amide bonds. The molecule has 0 unspecified atom stereocenters. The van der Waals surface area contributed by atoms with Gasteiger partial charge in [0.25, 0.3) is 0 Å². The molecule has 0 aromatic carbocycles. The molecule has 1 aliphatic heterocycles. The molecule has 3 nitrogen and oxygen atoms in total. The van der Waals surface area contributed by atoms with E-state index in [1.807, 2.05) is 6.92 Å². The van der Waals surface area contributed by atoms with Crippen LogP contribution in [0.15, 0.2) is 0 Å². The third-order valence-electron chi connectivity index (χ3n) is 1.58. The zero-order valence-corrected chi connectivity index (χ0v) is 6.61. The van der Waals surface area contributed by atoms with E-state index in [0.29, 0.717) is 0 Å². The maximum absolute atomic E-state index is 5.58. The van der Waals surface area contributed by atoms with Gasteiger partial charge in [0.05, 0.1) is 17.2 Å². The number of nitrogens with zero attached hydrogens (tertiary/aromatic N) is 2. The molecule has 1 aromatic heterocycles. The second-order valence-corrected chi connectivity index (χ2v) is 3.80. The highest BCUT2D eigenvalue weighted by molar-refractivity contribution is 7.11. The van der Waals surface area contributed by atoms with E-state index >= 15 is 0 Å². The van der Waals surface area contributed by atoms with Crippen LogP contribution >= 0.6 is 11.3 Å². The largest absolute Gasteiger partial charge is 0.268 e. The van der Waals surface area contributed by atoms with Gasteiger partial charge in [-0.2, -0.15) is 0 Å². The third kappa shape index (κ3) is 0.847. The van der Waals surface area contributed by atoms with Gasteiger partial charge in [0.15, 0.2) is 0 Å². The molecular weight excluding hydrogens is 146 g/mol. The number of aryl methyl sites for hydroxylation is 1. The van der Waals surface area contributed by atoms with E-state index in [2.05, 4.69) is 4.98 Å². The van der Waals surface area contributed by atoms with E-state index < -0.39 is 0 Å². The van der Waals surface area contributed by atoms with Crippen molar-refractivity contribution in [2.75, 3.05) is 0 Å². The normalized spacial score (nSPS) is 17.8. The SMILES string of the molecule is Cc1nc2c(s1)CN(N)C2. The van der Waals surface area contributed by atoms with E-state index in [1.54, 1.807) is 16.3 Å². The van der Waals surface area contributed by atoms with Crippen LogP contribution in [0.5, 0.6) is 0 Å². The van der Waals surface area contributed by atoms with E-state index in [4.69, 9.17) is 5.84 Å². The summed E-state index contributed by atoms with van der Waals surface area (Å²) in [5, 5.41) is 2.94. The van der Waals surface area contributed by atoms with Gasteiger partial charge in [-0.25, -0.2) is 9.99 Å². The van der Waals surface area contributed by atoms with Crippen molar-refractivity contribution in [2.24, 2.45) is 5.84 Å². The van der Waals surface area contributed by atoms with Gasteiger partial charge in [-0.3, -0.25) is 5.84 Å². The van der Waals surface area contributed by atoms with Gasteiger partial charge in [-0.1, -0.05) is 0 Å². The monoisotopic (exact) mass is 155 g/mol. The minimum absolute atomic E-state index is 0.819. The van der Waals surface area contributed by atoms with Gasteiger partial charge in [0.1, 0.15) is 0 Å². The molecule has 0 radical (unpaired) electrons. The first-order valence-electron chi connectivity index (χ1n) is 3.20. The van der Waals surface area contributed by atoms with Crippen molar-refractivity contribution in [3.8, 4) is 0 Å². The Kier molecular flexibility index (Phi) is 1.26. The van der Waals surface area contributed by atoms with Crippen LogP contribution in [0, 0.1) is 6.92 Å². The molecule has 0 atom stereocenters. The van der Waals surface area contributed by atoms with Gasteiger partial charge in [-0.05, 0) is 6.92 Å². The molecule has 0 bridgehead atoms. The van der Waals surface area contributed by atoms with Crippen molar-refractivity contribution < 1.29 is 0 Å². The quantitative estimate of drug-likeness (QED) is 0.559. The average Bonchev–Trinajstić information content (AvgIpc) is 2.21. The van der Waals surface area contributed by atoms with Crippen LogP contribution in [0.25, 0.3) is 0 Å². The van der Waals surface area contributed by atoms with E-state index in [1.165, 1.54) is 10.6 Å². The minimum Gasteiger partial charge on any atom is -0.268 e. The van der Waals surface area contributed by atoms with Crippen LogP contribution in [-0.2, 0) is 13.1 Å². The smallest absolute Gasteiger partial charge is 0.0901 e. The van der Waals surface area contributed by atoms with Crippen LogP contribution in [0.2, 0.25) is 0 Å². The molecule has 0 spiro atoms. The van der Waals surface area contributed by atoms with Crippen molar-refractivity contribution in [1.29, 1.82) is 0 Å². The van der Waals surface area contributed by atoms with Crippen LogP contribution in [-0.4, -0.2) is 9.99 Å². The Hall–Kier alpha value is -0.450. The highest BCUT2D eigenvalue weighted by atomic mass is 32.1. The Morgan fingerprint density at radius 3 is 3.10 bits per heavy atom. The number of hydrogen-bond donors (Lipinski definition) is 1. The first-order chi connectivity index (χ1) is 4.75. The maximum Gasteiger partial charge on any atom is 0.0901 e. The lowest BCUT2D eigenvalue weighted by atomic mass is 10.4. The summed E-state index contributed by atoms with van der Waals surface area (Å²) in [7, 11) is 0. The summed E-state index contributed by atoms with van der Waals surface area (Å²) >= 11 is 1.75. The molecule has 0 fully saturated rings. The summed E-state index contributed by atoms with van der Waals surface area (Å²) in [4.78, 5) is 5.67. The fourth-order valence-corrected chi connectivity index (χ4v) is 2.16. The van der Waals surface area contributed by atoms with Gasteiger partial charge in [0, 0.05) is 11.4 Å². The lowest BCUT2D eigenvalue weighted by Crippen LogP contribution is -2.24. The van der Waals surface area contributed by atoms with Crippen molar-refractivity contribution in [3.05, 3.63) is 15.6 Å². The molecule has 54 valence electrons. The highest BCUT2D eigenvalue weighted by Gasteiger charge is 2.19. The molecule has 1 aromatic rings. The second kappa shape index (κ2) is 2.02. The van der Waals surface area contributed by atoms with E-state index in [0.717, 1.165) is 18.1 Å². The van der Waals surface area contributed by atoms with Crippen LogP contribution in [0.3, 0.4) is 0 Å². The molecule has 2 rings (SSSR count). The molecule has 0 saturated heterocycles. The molecule has 2 heterocycles. The standard InChI is InChI=1S/C6H9N3S/c1-4-8-5-2-9(7)3-6(5)10-4/h2-3,7H2,1H3. The third-order valence-corrected chi connectivity index (χ3v) is 2.58. The van der Waals surface area contributed by atoms with Gasteiger partial charge in [0.2, 0.25) is 0 Å². The number of aromatic nitrogens is 1. The molecule has 1 aliphatic rings. The molecule has 2 N–H and O–H groups in total. The Morgan fingerprint density at radius 1 is 1.60 bits per heavy atom. The van der Waals surface area contributed by atoms with Crippen LogP contribution in [0.1, 0.15) is 15.6 Å². The average molecular weight is 155 g/mol. The van der Waals surface area contributed by atoms with Crippen molar-refractivity contribution in [3.63, 3.8) is 0 Å². The molecular formula is C6H9N3S. The molecule has 0 saturated carbocycles. The highest BCUT2D eigenvalue weighted by Crippen LogP contribution is 2.25. The predicted octanol–water partition coefficient (Wildman–Crippen LogP) is 0.641. The summed E-state index contributed by atoms with van der Waals surface area (Å²) < 4.78 is 0. The Labute approximate surface area is 63.5 Å². The predicted molar refractivity (Wildman–Crippen MR) is 40.3 cm³/mol. The lowest BCUT2D eigenvalue weighted by molar-refractivity contribution is 0.294. The second-order valence-electron chi connectivity index (χ2n) is 2.51. The number of fused-ring (bicyclic) bond motifs is 1. The van der Waals surface area contributed by atoms with Crippen molar-refractivity contribution in [1.82, 2.24) is 9.99 Å². The van der Waals surface area contributed by atoms with Crippen LogP contribution < -0.4 is 5.84 Å². The van der Waals surface area contributed by atoms with Crippen molar-refractivity contribution >= 4 is 11.3 Å². The van der Waals surface area contributed by atoms with Gasteiger partial charge < -0.3 is 0 Å². The fourth-order valence-electron chi connectivity index (χ4n) is 1.19. The first-order valence-corrected chi connectivity index (χ1v) is 4.02. The molecule has 0 aliphatic carbocycles. The number of rotatable bonds is 0. The van der Waals surface area contributed by atoms with Gasteiger partial charge in [-0.15, -0.1) is 11.3 Å². The van der Waals surface area contributed by atoms with Crippen LogP contribution in [0.4, 0.5) is 0 Å². The summed E-state index contributed by atoms with van der Waals surface area (Å²) in [6, 6.07) is 0. The number of thiazole rings is 1. The number of nitrogens with two attached hydrogens (primary N) is 1. The molecule has 10 heavy (non-hydrogen) atoms. The Morgan fingerprint density at radius 2 is 2.40 bits per heavy atom. The zero-order chi connectivity index (χ0) is 7.14. The fraction of sp³-hybridized carbons (Fsp3) is 0.500.